The van der Waals surface area contributed by atoms with Crippen LogP contribution in [0, 0.1) is 5.92 Å². The Balaban J connectivity index is 0.970. The van der Waals surface area contributed by atoms with E-state index in [2.05, 4.69) is 24.3 Å². The smallest absolute Gasteiger partial charge is 0.408 e. The molecule has 0 bridgehead atoms. The zero-order valence-electron chi connectivity index (χ0n) is 25.8. The highest BCUT2D eigenvalue weighted by atomic mass is 16.6. The molecule has 0 aromatic heterocycles. The van der Waals surface area contributed by atoms with Crippen LogP contribution < -0.4 is 5.32 Å². The Morgan fingerprint density at radius 1 is 0.818 bits per heavy atom. The van der Waals surface area contributed by atoms with Crippen molar-refractivity contribution < 1.29 is 28.3 Å². The summed E-state index contributed by atoms with van der Waals surface area (Å²) in [4.78, 5) is 40.7. The average molecular weight is 599 g/mol. The summed E-state index contributed by atoms with van der Waals surface area (Å²) in [6, 6.07) is 26.7. The molecule has 0 unspecified atom stereocenters. The number of benzene rings is 3. The van der Waals surface area contributed by atoms with Gasteiger partial charge in [0.05, 0.1) is 45.8 Å². The number of carbonyl (C=O) groups excluding carboxylic acids is 3. The standard InChI is InChI=1S/C36H43N3O5/c1-39(2,23-19-32-34(40)30-15-9-10-16-31(30)35(32)41)24-26-43-25-22-38-20-17-29(18-21-38)44-36(42)37-33(27-11-5-3-6-12-27)28-13-7-4-8-14-28/h3-16,29,32-33H,17-26H2,1-2H3/p+1. The summed E-state index contributed by atoms with van der Waals surface area (Å²) in [5.41, 5.74) is 3.15. The molecule has 1 fully saturated rings. The number of nitrogens with zero attached hydrogens (tertiary/aromatic N) is 2. The van der Waals surface area contributed by atoms with Gasteiger partial charge in [0.1, 0.15) is 12.6 Å². The molecule has 1 heterocycles. The van der Waals surface area contributed by atoms with Crippen LogP contribution in [0.3, 0.4) is 0 Å². The number of hydrogen-bond acceptors (Lipinski definition) is 6. The lowest BCUT2D eigenvalue weighted by Crippen LogP contribution is -2.44. The third-order valence-corrected chi connectivity index (χ3v) is 8.84. The van der Waals surface area contributed by atoms with Crippen molar-refractivity contribution >= 4 is 17.7 Å². The first-order valence-corrected chi connectivity index (χ1v) is 15.7. The quantitative estimate of drug-likeness (QED) is 0.167. The topological polar surface area (TPSA) is 84.9 Å². The van der Waals surface area contributed by atoms with Crippen molar-refractivity contribution in [3.63, 3.8) is 0 Å². The van der Waals surface area contributed by atoms with Crippen LogP contribution in [0.1, 0.15) is 57.1 Å². The molecule has 1 N–H and O–H groups in total. The second-order valence-electron chi connectivity index (χ2n) is 12.5. The van der Waals surface area contributed by atoms with Gasteiger partial charge in [0.25, 0.3) is 0 Å². The summed E-state index contributed by atoms with van der Waals surface area (Å²) in [5, 5.41) is 3.07. The summed E-state index contributed by atoms with van der Waals surface area (Å²) in [5.74, 6) is -0.640. The molecule has 0 saturated carbocycles. The second-order valence-corrected chi connectivity index (χ2v) is 12.5. The van der Waals surface area contributed by atoms with E-state index in [4.69, 9.17) is 9.47 Å². The number of quaternary nitrogens is 1. The lowest BCUT2D eigenvalue weighted by Gasteiger charge is -2.32. The van der Waals surface area contributed by atoms with E-state index in [0.717, 1.165) is 56.7 Å². The minimum atomic E-state index is -0.558. The summed E-state index contributed by atoms with van der Waals surface area (Å²) in [6.45, 7) is 5.34. The minimum absolute atomic E-state index is 0.0415. The normalized spacial score (nSPS) is 16.3. The maximum atomic E-state index is 12.9. The molecule has 232 valence electrons. The van der Waals surface area contributed by atoms with Crippen LogP contribution in [-0.2, 0) is 9.47 Å². The number of alkyl carbamates (subject to hydrolysis) is 1. The molecule has 0 atom stereocenters. The van der Waals surface area contributed by atoms with Crippen molar-refractivity contribution in [2.75, 3.05) is 60.0 Å². The molecule has 1 aliphatic carbocycles. The number of ketones is 2. The fourth-order valence-electron chi connectivity index (χ4n) is 6.07. The monoisotopic (exact) mass is 598 g/mol. The minimum Gasteiger partial charge on any atom is -0.446 e. The molecule has 1 aliphatic heterocycles. The lowest BCUT2D eigenvalue weighted by atomic mass is 9.99. The number of likely N-dealkylation sites (tertiary alicyclic amines) is 1. The van der Waals surface area contributed by atoms with Crippen LogP contribution in [0.15, 0.2) is 84.9 Å². The Bertz CT molecular complexity index is 1330. The van der Waals surface area contributed by atoms with Crippen LogP contribution in [0.25, 0.3) is 0 Å². The Morgan fingerprint density at radius 3 is 1.93 bits per heavy atom. The fraction of sp³-hybridized carbons (Fsp3) is 0.417. The Kier molecular flexibility index (Phi) is 10.6. The second kappa shape index (κ2) is 14.8. The Morgan fingerprint density at radius 2 is 1.36 bits per heavy atom. The molecule has 3 aromatic rings. The zero-order valence-corrected chi connectivity index (χ0v) is 25.8. The first kappa shape index (κ1) is 31.6. The van der Waals surface area contributed by atoms with E-state index in [0.29, 0.717) is 35.2 Å². The molecule has 5 rings (SSSR count). The van der Waals surface area contributed by atoms with Gasteiger partial charge in [0.2, 0.25) is 0 Å². The highest BCUT2D eigenvalue weighted by Gasteiger charge is 2.39. The van der Waals surface area contributed by atoms with Crippen LogP contribution in [0.4, 0.5) is 4.79 Å². The highest BCUT2D eigenvalue weighted by Crippen LogP contribution is 2.29. The maximum Gasteiger partial charge on any atom is 0.408 e. The van der Waals surface area contributed by atoms with Crippen molar-refractivity contribution in [1.82, 2.24) is 10.2 Å². The predicted molar refractivity (Wildman–Crippen MR) is 170 cm³/mol. The van der Waals surface area contributed by atoms with E-state index in [1.54, 1.807) is 12.1 Å². The first-order valence-electron chi connectivity index (χ1n) is 15.7. The van der Waals surface area contributed by atoms with Gasteiger partial charge in [-0.25, -0.2) is 4.79 Å². The van der Waals surface area contributed by atoms with E-state index < -0.39 is 12.0 Å². The zero-order chi connectivity index (χ0) is 30.9. The first-order chi connectivity index (χ1) is 21.3. The molecule has 8 heteroatoms. The van der Waals surface area contributed by atoms with Crippen LogP contribution in [0.5, 0.6) is 0 Å². The number of carbonyl (C=O) groups is 3. The molecule has 1 amide bonds. The van der Waals surface area contributed by atoms with Crippen LogP contribution >= 0.6 is 0 Å². The number of nitrogens with one attached hydrogen (secondary N) is 1. The highest BCUT2D eigenvalue weighted by molar-refractivity contribution is 6.26. The van der Waals surface area contributed by atoms with E-state index in [1.165, 1.54) is 0 Å². The van der Waals surface area contributed by atoms with Gasteiger partial charge < -0.3 is 24.2 Å². The number of hydrogen-bond donors (Lipinski definition) is 1. The SMILES string of the molecule is C[N+](C)(CCOCCN1CCC(OC(=O)NC(c2ccccc2)c2ccccc2)CC1)CCC1C(=O)c2ccccc2C1=O. The summed E-state index contributed by atoms with van der Waals surface area (Å²) in [7, 11) is 4.23. The molecular formula is C36H44N3O5+. The van der Waals surface area contributed by atoms with Crippen molar-refractivity contribution in [3.8, 4) is 0 Å². The number of piperidine rings is 1. The van der Waals surface area contributed by atoms with E-state index >= 15 is 0 Å². The third kappa shape index (κ3) is 8.20. The lowest BCUT2D eigenvalue weighted by molar-refractivity contribution is -0.891. The molecule has 0 radical (unpaired) electrons. The molecule has 3 aromatic carbocycles. The fourth-order valence-corrected chi connectivity index (χ4v) is 6.07. The molecule has 8 nitrogen and oxygen atoms in total. The molecule has 1 saturated heterocycles. The average Bonchev–Trinajstić information content (AvgIpc) is 3.29. The Hall–Kier alpha value is -3.85. The van der Waals surface area contributed by atoms with Gasteiger partial charge in [0, 0.05) is 37.2 Å². The van der Waals surface area contributed by atoms with Gasteiger partial charge in [0.15, 0.2) is 11.6 Å². The Labute approximate surface area is 260 Å². The maximum absolute atomic E-state index is 12.9. The molecule has 0 spiro atoms. The van der Waals surface area contributed by atoms with Crippen molar-refractivity contribution in [2.24, 2.45) is 5.92 Å². The number of likely N-dealkylation sites (N-methyl/N-ethyl adjacent to an activating group) is 1. The largest absolute Gasteiger partial charge is 0.446 e. The van der Waals surface area contributed by atoms with E-state index in [1.807, 2.05) is 72.8 Å². The number of amides is 1. The van der Waals surface area contributed by atoms with Gasteiger partial charge in [-0.15, -0.1) is 0 Å². The number of Topliss-reactive ketones (excluding diaryl/α,β-unsaturated/α-hetero) is 2. The van der Waals surface area contributed by atoms with E-state index in [9.17, 15) is 14.4 Å². The van der Waals surface area contributed by atoms with Crippen LogP contribution in [-0.4, -0.2) is 93.2 Å². The predicted octanol–water partition coefficient (Wildman–Crippen LogP) is 5.15. The van der Waals surface area contributed by atoms with Crippen molar-refractivity contribution in [3.05, 3.63) is 107 Å². The third-order valence-electron chi connectivity index (χ3n) is 8.84. The van der Waals surface area contributed by atoms with Gasteiger partial charge in [-0.2, -0.15) is 0 Å². The van der Waals surface area contributed by atoms with Gasteiger partial charge in [-0.3, -0.25) is 9.59 Å². The van der Waals surface area contributed by atoms with Crippen LogP contribution in [0.2, 0.25) is 0 Å². The number of rotatable bonds is 13. The van der Waals surface area contributed by atoms with Crippen molar-refractivity contribution in [2.45, 2.75) is 31.4 Å². The van der Waals surface area contributed by atoms with Gasteiger partial charge in [-0.1, -0.05) is 84.9 Å². The molecular weight excluding hydrogens is 554 g/mol. The summed E-state index contributed by atoms with van der Waals surface area (Å²) < 4.78 is 12.5. The molecule has 2 aliphatic rings. The summed E-state index contributed by atoms with van der Waals surface area (Å²) >= 11 is 0. The number of fused-ring (bicyclic) bond motifs is 1. The molecule has 44 heavy (non-hydrogen) atoms. The van der Waals surface area contributed by atoms with Gasteiger partial charge >= 0.3 is 6.09 Å². The van der Waals surface area contributed by atoms with E-state index in [-0.39, 0.29) is 23.7 Å². The number of ether oxygens (including phenoxy) is 2. The summed E-state index contributed by atoms with van der Waals surface area (Å²) in [6.07, 6.45) is 1.64. The van der Waals surface area contributed by atoms with Gasteiger partial charge in [-0.05, 0) is 24.0 Å². The van der Waals surface area contributed by atoms with Crippen molar-refractivity contribution in [1.29, 1.82) is 0 Å².